The smallest absolute Gasteiger partial charge is 0.314 e. The van der Waals surface area contributed by atoms with Crippen molar-refractivity contribution in [3.05, 3.63) is 59.7 Å². The highest BCUT2D eigenvalue weighted by molar-refractivity contribution is 6.08. The molecule has 2 aliphatic rings. The molecular weight excluding hydrogens is 434 g/mol. The van der Waals surface area contributed by atoms with Gasteiger partial charge in [0.25, 0.3) is 0 Å². The molecule has 2 fully saturated rings. The zero-order valence-corrected chi connectivity index (χ0v) is 19.3. The lowest BCUT2D eigenvalue weighted by molar-refractivity contribution is -0.138. The van der Waals surface area contributed by atoms with E-state index < -0.39 is 0 Å². The highest BCUT2D eigenvalue weighted by Gasteiger charge is 2.24. The lowest BCUT2D eigenvalue weighted by Gasteiger charge is -2.26. The molecule has 1 heterocycles. The summed E-state index contributed by atoms with van der Waals surface area (Å²) < 4.78 is 16.5. The summed E-state index contributed by atoms with van der Waals surface area (Å²) in [5, 5.41) is 10.3. The number of carbonyl (C=O) groups is 2. The van der Waals surface area contributed by atoms with Crippen LogP contribution in [0.1, 0.15) is 41.6 Å². The van der Waals surface area contributed by atoms with E-state index >= 15 is 0 Å². The predicted octanol–water partition coefficient (Wildman–Crippen LogP) is 4.09. The van der Waals surface area contributed by atoms with Crippen LogP contribution < -0.4 is 9.47 Å². The fraction of sp³-hybridized carbons (Fsp3) is 0.407. The van der Waals surface area contributed by atoms with E-state index in [-0.39, 0.29) is 34.7 Å². The third-order valence-electron chi connectivity index (χ3n) is 6.23. The number of hydrogen-bond acceptors (Lipinski definition) is 7. The number of hydrogen-bond donors (Lipinski definition) is 1. The average Bonchev–Trinajstić information content (AvgIpc) is 3.39. The first-order valence-corrected chi connectivity index (χ1v) is 11.9. The van der Waals surface area contributed by atoms with E-state index in [9.17, 15) is 14.7 Å². The van der Waals surface area contributed by atoms with Gasteiger partial charge >= 0.3 is 5.97 Å². The molecule has 2 aromatic rings. The molecule has 0 bridgehead atoms. The van der Waals surface area contributed by atoms with E-state index in [0.717, 1.165) is 69.8 Å². The third-order valence-corrected chi connectivity index (χ3v) is 6.23. The molecule has 0 unspecified atom stereocenters. The van der Waals surface area contributed by atoms with Gasteiger partial charge in [-0.1, -0.05) is 31.1 Å². The lowest BCUT2D eigenvalue weighted by atomic mass is 10.1. The van der Waals surface area contributed by atoms with Crippen LogP contribution in [0.15, 0.2) is 48.5 Å². The molecule has 0 atom stereocenters. The molecule has 7 heteroatoms. The molecular formula is C27H31NO6. The molecule has 1 aliphatic heterocycles. The highest BCUT2D eigenvalue weighted by atomic mass is 16.5. The third kappa shape index (κ3) is 6.68. The summed E-state index contributed by atoms with van der Waals surface area (Å²) >= 11 is 0. The minimum atomic E-state index is -0.336. The number of carbonyl (C=O) groups excluding carboxylic acids is 2. The van der Waals surface area contributed by atoms with E-state index in [1.807, 2.05) is 24.3 Å². The zero-order valence-electron chi connectivity index (χ0n) is 19.3. The van der Waals surface area contributed by atoms with Crippen molar-refractivity contribution in [3.8, 4) is 17.2 Å². The van der Waals surface area contributed by atoms with Crippen LogP contribution in [0.2, 0.25) is 0 Å². The van der Waals surface area contributed by atoms with Crippen LogP contribution in [0.3, 0.4) is 0 Å². The minimum Gasteiger partial charge on any atom is -0.507 e. The normalized spacial score (nSPS) is 17.2. The Morgan fingerprint density at radius 2 is 1.74 bits per heavy atom. The van der Waals surface area contributed by atoms with Crippen LogP contribution in [0.25, 0.3) is 6.08 Å². The van der Waals surface area contributed by atoms with Gasteiger partial charge in [-0.15, -0.1) is 0 Å². The topological polar surface area (TPSA) is 85.3 Å². The first kappa shape index (κ1) is 24.0. The standard InChI is InChI=1S/C27H31NO6/c29-25(24-11-10-23(19-26(24)30)34-27(31)21-3-1-2-4-21)12-7-20-5-8-22(9-6-20)33-18-15-28-13-16-32-17-14-28/h5-12,19,21,30H,1-4,13-18H2/b12-7+. The lowest BCUT2D eigenvalue weighted by Crippen LogP contribution is -2.38. The Kier molecular flexibility index (Phi) is 8.33. The van der Waals surface area contributed by atoms with E-state index in [0.29, 0.717) is 6.61 Å². The van der Waals surface area contributed by atoms with Crippen LogP contribution in [0.5, 0.6) is 17.2 Å². The summed E-state index contributed by atoms with van der Waals surface area (Å²) in [6.45, 7) is 4.89. The number of rotatable bonds is 9. The summed E-state index contributed by atoms with van der Waals surface area (Å²) in [5.74, 6) is 0.126. The van der Waals surface area contributed by atoms with Crippen molar-refractivity contribution in [2.24, 2.45) is 5.92 Å². The van der Waals surface area contributed by atoms with Gasteiger partial charge in [-0.2, -0.15) is 0 Å². The highest BCUT2D eigenvalue weighted by Crippen LogP contribution is 2.29. The van der Waals surface area contributed by atoms with Gasteiger partial charge in [-0.3, -0.25) is 14.5 Å². The molecule has 0 spiro atoms. The molecule has 180 valence electrons. The Bertz CT molecular complexity index is 1000. The molecule has 1 saturated heterocycles. The van der Waals surface area contributed by atoms with Gasteiger partial charge in [-0.25, -0.2) is 0 Å². The Morgan fingerprint density at radius 1 is 1.03 bits per heavy atom. The maximum atomic E-state index is 12.5. The Hall–Kier alpha value is -3.16. The largest absolute Gasteiger partial charge is 0.507 e. The number of ether oxygens (including phenoxy) is 3. The van der Waals surface area contributed by atoms with E-state index in [4.69, 9.17) is 14.2 Å². The number of morpholine rings is 1. The molecule has 1 N–H and O–H groups in total. The number of aromatic hydroxyl groups is 1. The number of benzene rings is 2. The van der Waals surface area contributed by atoms with Crippen molar-refractivity contribution >= 4 is 17.8 Å². The molecule has 0 aromatic heterocycles. The molecule has 2 aromatic carbocycles. The first-order valence-electron chi connectivity index (χ1n) is 11.9. The minimum absolute atomic E-state index is 0.0760. The van der Waals surface area contributed by atoms with Crippen molar-refractivity contribution in [1.82, 2.24) is 4.90 Å². The number of phenols is 1. The molecule has 0 radical (unpaired) electrons. The maximum Gasteiger partial charge on any atom is 0.314 e. The van der Waals surface area contributed by atoms with E-state index in [1.165, 1.54) is 24.3 Å². The van der Waals surface area contributed by atoms with Crippen molar-refractivity contribution in [1.29, 1.82) is 0 Å². The fourth-order valence-corrected chi connectivity index (χ4v) is 4.20. The van der Waals surface area contributed by atoms with E-state index in [1.54, 1.807) is 6.08 Å². The van der Waals surface area contributed by atoms with Crippen LogP contribution >= 0.6 is 0 Å². The summed E-state index contributed by atoms with van der Waals surface area (Å²) in [4.78, 5) is 27.0. The second-order valence-electron chi connectivity index (χ2n) is 8.65. The zero-order chi connectivity index (χ0) is 23.8. The van der Waals surface area contributed by atoms with Crippen molar-refractivity contribution in [3.63, 3.8) is 0 Å². The van der Waals surface area contributed by atoms with Gasteiger partial charge in [0.05, 0.1) is 24.7 Å². The second kappa shape index (κ2) is 11.8. The Labute approximate surface area is 199 Å². The van der Waals surface area contributed by atoms with Gasteiger partial charge in [-0.05, 0) is 48.7 Å². The molecule has 1 saturated carbocycles. The number of esters is 1. The maximum absolute atomic E-state index is 12.5. The average molecular weight is 466 g/mol. The monoisotopic (exact) mass is 465 g/mol. The van der Waals surface area contributed by atoms with Crippen molar-refractivity contribution in [2.45, 2.75) is 25.7 Å². The Morgan fingerprint density at radius 3 is 2.44 bits per heavy atom. The predicted molar refractivity (Wildman–Crippen MR) is 128 cm³/mol. The molecule has 0 amide bonds. The second-order valence-corrected chi connectivity index (χ2v) is 8.65. The van der Waals surface area contributed by atoms with Gasteiger partial charge in [0.1, 0.15) is 23.9 Å². The molecule has 34 heavy (non-hydrogen) atoms. The van der Waals surface area contributed by atoms with E-state index in [2.05, 4.69) is 4.90 Å². The first-order chi connectivity index (χ1) is 16.6. The van der Waals surface area contributed by atoms with Gasteiger partial charge in [0.15, 0.2) is 5.78 Å². The number of phenolic OH excluding ortho intramolecular Hbond substituents is 1. The number of ketones is 1. The SMILES string of the molecule is O=C(/C=C/c1ccc(OCCN2CCOCC2)cc1)c1ccc(OC(=O)C2CCCC2)cc1O. The van der Waals surface area contributed by atoms with Crippen LogP contribution in [-0.4, -0.2) is 61.2 Å². The van der Waals surface area contributed by atoms with Crippen molar-refractivity contribution < 1.29 is 28.9 Å². The van der Waals surface area contributed by atoms with Crippen molar-refractivity contribution in [2.75, 3.05) is 39.5 Å². The van der Waals surface area contributed by atoms with Gasteiger partial charge < -0.3 is 19.3 Å². The molecule has 1 aliphatic carbocycles. The molecule has 7 nitrogen and oxygen atoms in total. The van der Waals surface area contributed by atoms with Crippen LogP contribution in [0.4, 0.5) is 0 Å². The molecule has 4 rings (SSSR count). The van der Waals surface area contributed by atoms with Crippen LogP contribution in [0, 0.1) is 5.92 Å². The summed E-state index contributed by atoms with van der Waals surface area (Å²) in [6.07, 6.45) is 6.85. The quantitative estimate of drug-likeness (QED) is 0.258. The Balaban J connectivity index is 1.27. The number of allylic oxidation sites excluding steroid dienone is 1. The number of nitrogens with zero attached hydrogens (tertiary/aromatic N) is 1. The summed E-state index contributed by atoms with van der Waals surface area (Å²) in [7, 11) is 0. The van der Waals surface area contributed by atoms with Gasteiger partial charge in [0, 0.05) is 25.7 Å². The van der Waals surface area contributed by atoms with Gasteiger partial charge in [0.2, 0.25) is 0 Å². The summed E-state index contributed by atoms with van der Waals surface area (Å²) in [6, 6.07) is 11.8. The summed E-state index contributed by atoms with van der Waals surface area (Å²) in [5.41, 5.74) is 0.996. The fourth-order valence-electron chi connectivity index (χ4n) is 4.20. The van der Waals surface area contributed by atoms with Crippen LogP contribution in [-0.2, 0) is 9.53 Å².